The molecule has 1 fully saturated rings. The second kappa shape index (κ2) is 7.33. The Bertz CT molecular complexity index is 1920. The van der Waals surface area contributed by atoms with Gasteiger partial charge in [0.2, 0.25) is 5.78 Å². The van der Waals surface area contributed by atoms with Gasteiger partial charge in [0.1, 0.15) is 22.7 Å². The van der Waals surface area contributed by atoms with E-state index in [0.29, 0.717) is 33.6 Å². The number of hydrogen-bond donors (Lipinski definition) is 2. The highest BCUT2D eigenvalue weighted by Gasteiger charge is 2.78. The van der Waals surface area contributed by atoms with Crippen molar-refractivity contribution in [1.82, 2.24) is 0 Å². The molecule has 3 aromatic rings. The lowest BCUT2D eigenvalue weighted by atomic mass is 9.52. The van der Waals surface area contributed by atoms with Gasteiger partial charge < -0.3 is 25.1 Å². The second-order valence-corrected chi connectivity index (χ2v) is 11.5. The van der Waals surface area contributed by atoms with Crippen molar-refractivity contribution in [2.75, 3.05) is 7.11 Å². The molecular weight excluding hydrogens is 522 g/mol. The molecule has 0 aromatic heterocycles. The highest BCUT2D eigenvalue weighted by atomic mass is 16.7. The van der Waals surface area contributed by atoms with E-state index in [9.17, 15) is 19.5 Å². The standard InChI is InChI=1S/C33H25NO7/c1-13-10-17-23(20(35)11-13)30(38)24-16(29(17)37)8-9-19-31(24)41-33-18-6-5-7-22(39-4)25(18)28(34)27-21(36)12-14(2)26(15(3)40-33)32(19,27)33/h5-12,15,26,35H,34H2,1-4H3/t15-,26-,32+,33+/m1/s1. The molecule has 1 saturated heterocycles. The molecule has 3 N–H and O–H groups in total. The monoisotopic (exact) mass is 547 g/mol. The van der Waals surface area contributed by atoms with E-state index >= 15 is 0 Å². The molecule has 2 aliphatic heterocycles. The fourth-order valence-electron chi connectivity index (χ4n) is 8.23. The van der Waals surface area contributed by atoms with Crippen LogP contribution in [0.25, 0.3) is 5.70 Å². The molecule has 0 radical (unpaired) electrons. The van der Waals surface area contributed by atoms with Gasteiger partial charge in [-0.15, -0.1) is 0 Å². The van der Waals surface area contributed by atoms with Crippen molar-refractivity contribution < 1.29 is 33.7 Å². The minimum atomic E-state index is -1.57. The summed E-state index contributed by atoms with van der Waals surface area (Å²) in [5.41, 5.74) is 9.62. The number of phenols is 1. The van der Waals surface area contributed by atoms with Gasteiger partial charge in [0.15, 0.2) is 11.6 Å². The Balaban J connectivity index is 1.52. The van der Waals surface area contributed by atoms with E-state index in [1.54, 1.807) is 43.3 Å². The number of methoxy groups -OCH3 is 1. The molecule has 5 aliphatic rings. The molecule has 0 saturated carbocycles. The summed E-state index contributed by atoms with van der Waals surface area (Å²) in [6.07, 6.45) is 1.20. The molecule has 1 spiro atoms. The van der Waals surface area contributed by atoms with Crippen LogP contribution in [-0.2, 0) is 20.7 Å². The van der Waals surface area contributed by atoms with E-state index < -0.39 is 28.9 Å². The number of fused-ring (bicyclic) bond motifs is 5. The number of carbonyl (C=O) groups is 3. The number of ketones is 3. The number of aromatic hydroxyl groups is 1. The molecule has 3 aromatic carbocycles. The number of hydrogen-bond acceptors (Lipinski definition) is 8. The normalized spacial score (nSPS) is 28.2. The molecule has 41 heavy (non-hydrogen) atoms. The molecule has 2 heterocycles. The van der Waals surface area contributed by atoms with Crippen LogP contribution in [0, 0.1) is 12.8 Å². The predicted molar refractivity (Wildman–Crippen MR) is 147 cm³/mol. The molecule has 0 unspecified atom stereocenters. The van der Waals surface area contributed by atoms with Crippen molar-refractivity contribution >= 4 is 23.0 Å². The van der Waals surface area contributed by atoms with Gasteiger partial charge in [-0.25, -0.2) is 0 Å². The van der Waals surface area contributed by atoms with Crippen LogP contribution >= 0.6 is 0 Å². The van der Waals surface area contributed by atoms with Crippen molar-refractivity contribution in [2.45, 2.75) is 38.1 Å². The quantitative estimate of drug-likeness (QED) is 0.363. The Morgan fingerprint density at radius 1 is 0.951 bits per heavy atom. The van der Waals surface area contributed by atoms with Crippen molar-refractivity contribution in [3.63, 3.8) is 0 Å². The molecule has 204 valence electrons. The Morgan fingerprint density at radius 3 is 2.49 bits per heavy atom. The first-order chi connectivity index (χ1) is 19.6. The minimum absolute atomic E-state index is 0.0428. The number of nitrogens with two attached hydrogens (primary N) is 1. The van der Waals surface area contributed by atoms with Gasteiger partial charge >= 0.3 is 0 Å². The van der Waals surface area contributed by atoms with Crippen LogP contribution in [0.3, 0.4) is 0 Å². The fraction of sp³-hybridized carbons (Fsp3) is 0.242. The number of carbonyl (C=O) groups excluding carboxylic acids is 3. The number of ether oxygens (including phenoxy) is 3. The predicted octanol–water partition coefficient (Wildman–Crippen LogP) is 4.22. The summed E-state index contributed by atoms with van der Waals surface area (Å²) in [6, 6.07) is 11.8. The van der Waals surface area contributed by atoms with Crippen LogP contribution in [-0.4, -0.2) is 35.7 Å². The number of rotatable bonds is 1. The highest BCUT2D eigenvalue weighted by molar-refractivity contribution is 6.30. The SMILES string of the molecule is COc1cccc2c1C(N)=C1C(=O)C=C(C)[C@@H]3[C@@H](C)O[C@]24Oc2c(ccc5c2C(=O)c2c(O)cc(C)cc2C5=O)[C@@]134. The summed E-state index contributed by atoms with van der Waals surface area (Å²) in [7, 11) is 1.53. The zero-order chi connectivity index (χ0) is 28.7. The third kappa shape index (κ3) is 2.42. The third-order valence-electron chi connectivity index (χ3n) is 9.47. The first-order valence-electron chi connectivity index (χ1n) is 13.5. The van der Waals surface area contributed by atoms with Crippen LogP contribution < -0.4 is 15.2 Å². The average Bonchev–Trinajstić information content (AvgIpc) is 3.35. The van der Waals surface area contributed by atoms with E-state index in [1.807, 2.05) is 19.9 Å². The molecule has 4 atom stereocenters. The number of aryl methyl sites for hydroxylation is 1. The Kier molecular flexibility index (Phi) is 4.31. The summed E-state index contributed by atoms with van der Waals surface area (Å²) in [5, 5.41) is 10.8. The third-order valence-corrected chi connectivity index (χ3v) is 9.47. The van der Waals surface area contributed by atoms with Gasteiger partial charge in [0.05, 0.1) is 30.0 Å². The molecule has 8 heteroatoms. The fourth-order valence-corrected chi connectivity index (χ4v) is 8.23. The summed E-state index contributed by atoms with van der Waals surface area (Å²) in [6.45, 7) is 5.58. The smallest absolute Gasteiger partial charge is 0.253 e. The maximum Gasteiger partial charge on any atom is 0.253 e. The maximum atomic E-state index is 14.1. The topological polar surface area (TPSA) is 125 Å². The van der Waals surface area contributed by atoms with Gasteiger partial charge in [-0.1, -0.05) is 23.8 Å². The van der Waals surface area contributed by atoms with E-state index in [2.05, 4.69) is 0 Å². The zero-order valence-corrected chi connectivity index (χ0v) is 22.7. The van der Waals surface area contributed by atoms with Crippen molar-refractivity contribution in [3.8, 4) is 17.2 Å². The van der Waals surface area contributed by atoms with Gasteiger partial charge in [0.25, 0.3) is 5.79 Å². The van der Waals surface area contributed by atoms with Gasteiger partial charge in [0, 0.05) is 39.3 Å². The van der Waals surface area contributed by atoms with Crippen LogP contribution in [0.15, 0.2) is 59.7 Å². The number of phenolic OH excluding ortho intramolecular Hbond substituents is 1. The van der Waals surface area contributed by atoms with Crippen molar-refractivity contribution in [1.29, 1.82) is 0 Å². The molecule has 0 amide bonds. The van der Waals surface area contributed by atoms with Crippen LogP contribution in [0.1, 0.15) is 67.9 Å². The van der Waals surface area contributed by atoms with Crippen LogP contribution in [0.4, 0.5) is 0 Å². The largest absolute Gasteiger partial charge is 0.507 e. The van der Waals surface area contributed by atoms with E-state index in [-0.39, 0.29) is 51.2 Å². The summed E-state index contributed by atoms with van der Waals surface area (Å²) in [5.74, 6) is -2.78. The first-order valence-corrected chi connectivity index (χ1v) is 13.5. The first kappa shape index (κ1) is 24.1. The summed E-state index contributed by atoms with van der Waals surface area (Å²) >= 11 is 0. The Morgan fingerprint density at radius 2 is 1.73 bits per heavy atom. The van der Waals surface area contributed by atoms with E-state index in [0.717, 1.165) is 5.57 Å². The molecule has 8 rings (SSSR count). The molecule has 8 nitrogen and oxygen atoms in total. The Hall–Kier alpha value is -4.69. The highest BCUT2D eigenvalue weighted by Crippen LogP contribution is 2.73. The number of allylic oxidation sites excluding steroid dienone is 1. The van der Waals surface area contributed by atoms with E-state index in [4.69, 9.17) is 19.9 Å². The maximum absolute atomic E-state index is 14.1. The minimum Gasteiger partial charge on any atom is -0.507 e. The van der Waals surface area contributed by atoms with E-state index in [1.165, 1.54) is 13.2 Å². The van der Waals surface area contributed by atoms with Gasteiger partial charge in [-0.05, 0) is 56.7 Å². The lowest BCUT2D eigenvalue weighted by Crippen LogP contribution is -2.56. The van der Waals surface area contributed by atoms with Gasteiger partial charge in [-0.3, -0.25) is 14.4 Å². The number of benzene rings is 3. The molecular formula is C33H25NO7. The Labute approximate surface area is 235 Å². The van der Waals surface area contributed by atoms with Gasteiger partial charge in [-0.2, -0.15) is 0 Å². The zero-order valence-electron chi connectivity index (χ0n) is 22.7. The van der Waals surface area contributed by atoms with Crippen LogP contribution in [0.2, 0.25) is 0 Å². The summed E-state index contributed by atoms with van der Waals surface area (Å²) in [4.78, 5) is 41.8. The lowest BCUT2D eigenvalue weighted by Gasteiger charge is -2.47. The molecule has 3 aliphatic carbocycles. The lowest BCUT2D eigenvalue weighted by molar-refractivity contribution is -0.189. The average molecular weight is 548 g/mol. The van der Waals surface area contributed by atoms with Crippen LogP contribution in [0.5, 0.6) is 17.2 Å². The van der Waals surface area contributed by atoms with Crippen molar-refractivity contribution in [2.24, 2.45) is 11.7 Å². The second-order valence-electron chi connectivity index (χ2n) is 11.5. The molecule has 0 bridgehead atoms. The summed E-state index contributed by atoms with van der Waals surface area (Å²) < 4.78 is 19.4. The van der Waals surface area contributed by atoms with Crippen molar-refractivity contribution in [3.05, 3.63) is 104 Å².